The van der Waals surface area contributed by atoms with Gasteiger partial charge in [-0.3, -0.25) is 4.79 Å². The molecule has 1 unspecified atom stereocenters. The summed E-state index contributed by atoms with van der Waals surface area (Å²) in [6.45, 7) is 3.53. The maximum Gasteiger partial charge on any atom is 0.162 e. The van der Waals surface area contributed by atoms with E-state index in [-0.39, 0.29) is 12.2 Å². The fraction of sp³-hybridized carbons (Fsp3) is 0.250. The first kappa shape index (κ1) is 14.0. The molecule has 6 heteroatoms. The third-order valence-corrected chi connectivity index (χ3v) is 3.66. The van der Waals surface area contributed by atoms with Crippen LogP contribution in [0.2, 0.25) is 0 Å². The zero-order valence-electron chi connectivity index (χ0n) is 12.3. The maximum absolute atomic E-state index is 12.5. The van der Waals surface area contributed by atoms with E-state index in [9.17, 15) is 10.1 Å². The molecule has 6 nitrogen and oxygen atoms in total. The first-order valence-corrected chi connectivity index (χ1v) is 6.89. The van der Waals surface area contributed by atoms with Gasteiger partial charge >= 0.3 is 0 Å². The smallest absolute Gasteiger partial charge is 0.162 e. The summed E-state index contributed by atoms with van der Waals surface area (Å²) < 4.78 is 5.05. The van der Waals surface area contributed by atoms with Crippen LogP contribution in [-0.2, 0) is 11.2 Å². The van der Waals surface area contributed by atoms with E-state index in [4.69, 9.17) is 4.52 Å². The molecule has 0 aliphatic carbocycles. The number of hydrogen-bond acceptors (Lipinski definition) is 5. The van der Waals surface area contributed by atoms with Gasteiger partial charge < -0.3 is 9.51 Å². The van der Waals surface area contributed by atoms with Crippen LogP contribution in [0.4, 0.5) is 0 Å². The Bertz CT molecular complexity index is 833. The number of hydrogen-bond donors (Lipinski definition) is 1. The number of carbonyl (C=O) groups excluding carboxylic acids is 1. The molecule has 1 aromatic carbocycles. The van der Waals surface area contributed by atoms with E-state index in [2.05, 4.69) is 15.1 Å². The number of imidazole rings is 1. The van der Waals surface area contributed by atoms with E-state index in [1.807, 2.05) is 30.3 Å². The highest BCUT2D eigenvalue weighted by atomic mass is 16.5. The highest BCUT2D eigenvalue weighted by Gasteiger charge is 2.25. The summed E-state index contributed by atoms with van der Waals surface area (Å²) in [7, 11) is 0. The zero-order chi connectivity index (χ0) is 15.7. The Balaban J connectivity index is 1.90. The lowest BCUT2D eigenvalue weighted by Crippen LogP contribution is -2.15. The first-order valence-electron chi connectivity index (χ1n) is 6.89. The van der Waals surface area contributed by atoms with Gasteiger partial charge in [0, 0.05) is 12.0 Å². The van der Waals surface area contributed by atoms with Crippen molar-refractivity contribution in [3.05, 3.63) is 47.1 Å². The second-order valence-electron chi connectivity index (χ2n) is 5.15. The highest BCUT2D eigenvalue weighted by Crippen LogP contribution is 2.21. The van der Waals surface area contributed by atoms with Gasteiger partial charge in [0.25, 0.3) is 0 Å². The summed E-state index contributed by atoms with van der Waals surface area (Å²) in [5.74, 6) is -0.176. The summed E-state index contributed by atoms with van der Waals surface area (Å²) in [5.41, 5.74) is 2.96. The number of benzene rings is 1. The summed E-state index contributed by atoms with van der Waals surface area (Å²) in [5, 5.41) is 13.2. The van der Waals surface area contributed by atoms with Crippen LogP contribution in [0.3, 0.4) is 0 Å². The van der Waals surface area contributed by atoms with Crippen molar-refractivity contribution in [2.75, 3.05) is 0 Å². The van der Waals surface area contributed by atoms with Crippen LogP contribution in [0, 0.1) is 25.2 Å². The fourth-order valence-corrected chi connectivity index (χ4v) is 2.43. The van der Waals surface area contributed by atoms with Crippen molar-refractivity contribution < 1.29 is 9.32 Å². The van der Waals surface area contributed by atoms with Crippen molar-refractivity contribution in [2.24, 2.45) is 0 Å². The van der Waals surface area contributed by atoms with E-state index >= 15 is 0 Å². The number of nitrogens with one attached hydrogen (secondary N) is 1. The molecule has 0 spiro atoms. The summed E-state index contributed by atoms with van der Waals surface area (Å²) in [6.07, 6.45) is 0.108. The molecule has 3 rings (SSSR count). The number of nitriles is 1. The molecule has 2 heterocycles. The van der Waals surface area contributed by atoms with E-state index in [0.717, 1.165) is 16.6 Å². The Morgan fingerprint density at radius 3 is 2.82 bits per heavy atom. The Hall–Kier alpha value is -2.94. The van der Waals surface area contributed by atoms with Crippen LogP contribution in [0.1, 0.15) is 28.8 Å². The minimum atomic E-state index is -0.930. The largest absolute Gasteiger partial charge is 0.361 e. The topological polar surface area (TPSA) is 95.6 Å². The average molecular weight is 294 g/mol. The van der Waals surface area contributed by atoms with Gasteiger partial charge in [-0.15, -0.1) is 0 Å². The molecule has 0 radical (unpaired) electrons. The van der Waals surface area contributed by atoms with Crippen LogP contribution < -0.4 is 0 Å². The van der Waals surface area contributed by atoms with Gasteiger partial charge in [0.05, 0.1) is 22.8 Å². The van der Waals surface area contributed by atoms with Gasteiger partial charge in [-0.25, -0.2) is 4.98 Å². The monoisotopic (exact) mass is 294 g/mol. The van der Waals surface area contributed by atoms with Gasteiger partial charge in [0.2, 0.25) is 0 Å². The van der Waals surface area contributed by atoms with Gasteiger partial charge in [-0.05, 0) is 26.0 Å². The molecule has 0 aliphatic heterocycles. The second-order valence-corrected chi connectivity index (χ2v) is 5.15. The average Bonchev–Trinajstić information content (AvgIpc) is 3.06. The van der Waals surface area contributed by atoms with Crippen molar-refractivity contribution in [1.82, 2.24) is 15.1 Å². The molecule has 22 heavy (non-hydrogen) atoms. The first-order chi connectivity index (χ1) is 10.6. The number of rotatable bonds is 4. The molecule has 3 aromatic rings. The molecule has 0 saturated carbocycles. The van der Waals surface area contributed by atoms with Crippen LogP contribution in [0.25, 0.3) is 11.0 Å². The molecule has 0 fully saturated rings. The van der Waals surface area contributed by atoms with Crippen molar-refractivity contribution in [2.45, 2.75) is 26.2 Å². The molecule has 0 amide bonds. The lowest BCUT2D eigenvalue weighted by atomic mass is 9.97. The normalized spacial score (nSPS) is 12.2. The van der Waals surface area contributed by atoms with E-state index in [1.54, 1.807) is 13.8 Å². The molecule has 0 aliphatic rings. The molecule has 2 aromatic heterocycles. The summed E-state index contributed by atoms with van der Waals surface area (Å²) >= 11 is 0. The Morgan fingerprint density at radius 1 is 1.41 bits per heavy atom. The van der Waals surface area contributed by atoms with Gasteiger partial charge in [0.1, 0.15) is 11.6 Å². The van der Waals surface area contributed by atoms with Gasteiger partial charge in [-0.1, -0.05) is 17.3 Å². The number of aromatic amines is 1. The summed E-state index contributed by atoms with van der Waals surface area (Å²) in [4.78, 5) is 19.9. The van der Waals surface area contributed by atoms with Crippen molar-refractivity contribution in [3.63, 3.8) is 0 Å². The van der Waals surface area contributed by atoms with E-state index < -0.39 is 5.92 Å². The predicted molar refractivity (Wildman–Crippen MR) is 79.1 cm³/mol. The number of aromatic nitrogens is 3. The number of fused-ring (bicyclic) bond motifs is 1. The number of aryl methyl sites for hydroxylation is 2. The number of carbonyl (C=O) groups is 1. The fourth-order valence-electron chi connectivity index (χ4n) is 2.43. The molecule has 110 valence electrons. The van der Waals surface area contributed by atoms with Gasteiger partial charge in [0.15, 0.2) is 11.7 Å². The minimum absolute atomic E-state index is 0.108. The lowest BCUT2D eigenvalue weighted by Gasteiger charge is -2.05. The van der Waals surface area contributed by atoms with Crippen molar-refractivity contribution in [1.29, 1.82) is 5.26 Å². The quantitative estimate of drug-likeness (QED) is 0.797. The number of H-pyrrole nitrogens is 1. The molecule has 1 N–H and O–H groups in total. The molecular formula is C16H14N4O2. The Morgan fingerprint density at radius 2 is 2.18 bits per heavy atom. The van der Waals surface area contributed by atoms with Crippen molar-refractivity contribution in [3.8, 4) is 6.07 Å². The van der Waals surface area contributed by atoms with E-state index in [1.165, 1.54) is 0 Å². The number of nitrogens with zero attached hydrogens (tertiary/aromatic N) is 3. The van der Waals surface area contributed by atoms with Crippen LogP contribution in [-0.4, -0.2) is 20.9 Å². The zero-order valence-corrected chi connectivity index (χ0v) is 12.3. The van der Waals surface area contributed by atoms with Crippen molar-refractivity contribution >= 4 is 16.8 Å². The predicted octanol–water partition coefficient (Wildman–Crippen LogP) is 2.59. The van der Waals surface area contributed by atoms with Gasteiger partial charge in [-0.2, -0.15) is 5.26 Å². The standard InChI is InChI=1S/C16H14N4O2/c1-9-11(10(2)22-20-9)7-15(21)12(8-17)16-18-13-5-3-4-6-14(13)19-16/h3-6,12H,7H2,1-2H3,(H,18,19). The minimum Gasteiger partial charge on any atom is -0.361 e. The Kier molecular flexibility index (Phi) is 3.47. The highest BCUT2D eigenvalue weighted by molar-refractivity contribution is 5.90. The second kappa shape index (κ2) is 5.45. The molecular weight excluding hydrogens is 280 g/mol. The molecule has 0 bridgehead atoms. The Labute approximate surface area is 126 Å². The molecule has 0 saturated heterocycles. The van der Waals surface area contributed by atoms with Crippen LogP contribution >= 0.6 is 0 Å². The third-order valence-electron chi connectivity index (χ3n) is 3.66. The number of ketones is 1. The van der Waals surface area contributed by atoms with Crippen LogP contribution in [0.5, 0.6) is 0 Å². The number of Topliss-reactive ketones (excluding diaryl/α,β-unsaturated/α-hetero) is 1. The maximum atomic E-state index is 12.5. The number of para-hydroxylation sites is 2. The lowest BCUT2D eigenvalue weighted by molar-refractivity contribution is -0.118. The summed E-state index contributed by atoms with van der Waals surface area (Å²) in [6, 6.07) is 9.47. The third kappa shape index (κ3) is 2.37. The SMILES string of the molecule is Cc1noc(C)c1CC(=O)C(C#N)c1nc2ccccc2[nH]1. The molecule has 1 atom stereocenters. The van der Waals surface area contributed by atoms with E-state index in [0.29, 0.717) is 17.3 Å². The van der Waals surface area contributed by atoms with Crippen LogP contribution in [0.15, 0.2) is 28.8 Å².